The summed E-state index contributed by atoms with van der Waals surface area (Å²) in [5.41, 5.74) is 0. The average molecular weight is 885 g/mol. The first kappa shape index (κ1) is 23.3. The van der Waals surface area contributed by atoms with Crippen molar-refractivity contribution < 1.29 is 106 Å². The SMILES string of the molecule is N.[2H]C([2H])([2H])C([2H])([2H])C([2H])([2H])C([2H])([2H])C([2H])([2H])C([2H])([2H])C([2H])([2H])C([2H])([2H])C([2H])([2H])C([2H])([2H])C([2H])([2H])C([2H])([2H])C([2H])([2H])C([2H])([2H])C([2H])([2H])C(=O)OC[C@H](COP(=O)(O)OC1[C@@H](O)[C@H](O)C(O)[C@H](O)[C@@H]1O)OC(=O)CCCCCCC/C=C\CCCCCCCC. The van der Waals surface area contributed by atoms with Crippen molar-refractivity contribution in [2.75, 3.05) is 13.2 Å². The van der Waals surface area contributed by atoms with E-state index in [9.17, 15) is 44.6 Å². The van der Waals surface area contributed by atoms with Crippen LogP contribution < -0.4 is 6.15 Å². The maximum Gasteiger partial charge on any atom is 0.472 e. The van der Waals surface area contributed by atoms with Crippen molar-refractivity contribution in [2.24, 2.45) is 0 Å². The van der Waals surface area contributed by atoms with Crippen molar-refractivity contribution >= 4 is 19.8 Å². The summed E-state index contributed by atoms with van der Waals surface area (Å²) in [7, 11) is -5.72. The van der Waals surface area contributed by atoms with Crippen LogP contribution in [0.2, 0.25) is 0 Å². The van der Waals surface area contributed by atoms with Crippen molar-refractivity contribution in [2.45, 2.75) is 236 Å². The number of aliphatic hydroxyl groups excluding tert-OH is 5. The van der Waals surface area contributed by atoms with E-state index in [0.717, 1.165) is 44.9 Å². The van der Waals surface area contributed by atoms with E-state index in [2.05, 4.69) is 19.1 Å². The number of aliphatic hydroxyl groups is 5. The molecule has 58 heavy (non-hydrogen) atoms. The number of ether oxygens (including phenoxy) is 2. The van der Waals surface area contributed by atoms with Gasteiger partial charge in [0, 0.05) is 55.3 Å². The number of hydrogen-bond donors (Lipinski definition) is 7. The Morgan fingerprint density at radius 2 is 1.12 bits per heavy atom. The monoisotopic (exact) mass is 885 g/mol. The Morgan fingerprint density at radius 3 is 1.66 bits per heavy atom. The van der Waals surface area contributed by atoms with Gasteiger partial charge in [0.2, 0.25) is 0 Å². The maximum atomic E-state index is 13.5. The van der Waals surface area contributed by atoms with Crippen LogP contribution >= 0.6 is 7.82 Å². The van der Waals surface area contributed by atoms with Crippen LogP contribution in [0, 0.1) is 0 Å². The van der Waals surface area contributed by atoms with Gasteiger partial charge in [-0.2, -0.15) is 0 Å². The molecule has 1 saturated carbocycles. The molecule has 0 amide bonds. The van der Waals surface area contributed by atoms with Gasteiger partial charge in [-0.15, -0.1) is 0 Å². The minimum absolute atomic E-state index is 0. The van der Waals surface area contributed by atoms with E-state index in [0.29, 0.717) is 12.8 Å². The lowest BCUT2D eigenvalue weighted by Gasteiger charge is -2.41. The second-order valence-electron chi connectivity index (χ2n) is 12.6. The summed E-state index contributed by atoms with van der Waals surface area (Å²) >= 11 is 0. The molecule has 14 nitrogen and oxygen atoms in total. The zero-order chi connectivity index (χ0) is 69.8. The fraction of sp³-hybridized carbons (Fsp3) is 0.907. The molecule has 0 bridgehead atoms. The normalized spacial score (nSPS) is 33.9. The molecule has 1 rings (SSSR count). The van der Waals surface area contributed by atoms with Gasteiger partial charge < -0.3 is 46.1 Å². The summed E-state index contributed by atoms with van der Waals surface area (Å²) in [6.45, 7) is -5.08. The molecule has 0 aromatic heterocycles. The van der Waals surface area contributed by atoms with Gasteiger partial charge in [0.05, 0.1) is 6.61 Å². The van der Waals surface area contributed by atoms with E-state index in [1.165, 1.54) is 19.3 Å². The van der Waals surface area contributed by atoms with Gasteiger partial charge in [0.15, 0.2) is 6.10 Å². The number of allylic oxidation sites excluding steroid dienone is 2. The predicted octanol–water partition coefficient (Wildman–Crippen LogP) is 8.44. The lowest BCUT2D eigenvalue weighted by atomic mass is 9.85. The Balaban J connectivity index is 0.0000774. The second kappa shape index (κ2) is 36.2. The second-order valence-corrected chi connectivity index (χ2v) is 14.0. The summed E-state index contributed by atoms with van der Waals surface area (Å²) in [5.74, 6) is -3.79. The largest absolute Gasteiger partial charge is 0.472 e. The smallest absolute Gasteiger partial charge is 0.462 e. The third-order valence-corrected chi connectivity index (χ3v) is 8.99. The minimum atomic E-state index is -5.72. The summed E-state index contributed by atoms with van der Waals surface area (Å²) in [4.78, 5) is 37.1. The van der Waals surface area contributed by atoms with Crippen LogP contribution in [0.1, 0.15) is 235 Å². The van der Waals surface area contributed by atoms with E-state index < -0.39 is 178 Å². The summed E-state index contributed by atoms with van der Waals surface area (Å²) < 4.78 is 287. The fourth-order valence-corrected chi connectivity index (χ4v) is 5.99. The van der Waals surface area contributed by atoms with Crippen molar-refractivity contribution in [3.05, 3.63) is 12.2 Å². The van der Waals surface area contributed by atoms with E-state index >= 15 is 0 Å². The minimum Gasteiger partial charge on any atom is -0.462 e. The van der Waals surface area contributed by atoms with E-state index in [-0.39, 0.29) is 12.6 Å². The Bertz CT molecular complexity index is 2350. The summed E-state index contributed by atoms with van der Waals surface area (Å²) in [6.07, 6.45) is -71.7. The van der Waals surface area contributed by atoms with Crippen LogP contribution in [0.15, 0.2) is 12.2 Å². The molecule has 0 heterocycles. The Morgan fingerprint density at radius 1 is 0.655 bits per heavy atom. The molecule has 1 fully saturated rings. The van der Waals surface area contributed by atoms with Crippen molar-refractivity contribution in [3.8, 4) is 0 Å². The molecule has 0 spiro atoms. The molecule has 15 heteroatoms. The Kier molecular flexibility index (Phi) is 14.5. The number of carbonyl (C=O) groups excluding carboxylic acids is 2. The molecule has 0 saturated heterocycles. The van der Waals surface area contributed by atoms with Crippen LogP contribution in [-0.2, 0) is 32.7 Å². The number of rotatable bonds is 37. The average Bonchev–Trinajstić information content (AvgIpc) is 0.691. The highest BCUT2D eigenvalue weighted by molar-refractivity contribution is 7.47. The molecule has 1 aliphatic carbocycles. The zero-order valence-corrected chi connectivity index (χ0v) is 33.6. The first-order valence-corrected chi connectivity index (χ1v) is 20.2. The van der Waals surface area contributed by atoms with Gasteiger partial charge in [-0.1, -0.05) is 154 Å². The quantitative estimate of drug-likeness (QED) is 0.0134. The molecule has 344 valence electrons. The number of hydrogen-bond acceptors (Lipinski definition) is 13. The van der Waals surface area contributed by atoms with Crippen LogP contribution in [0.4, 0.5) is 0 Å². The predicted molar refractivity (Wildman–Crippen MR) is 226 cm³/mol. The molecule has 0 radical (unpaired) electrons. The Labute approximate surface area is 393 Å². The van der Waals surface area contributed by atoms with Gasteiger partial charge in [0.1, 0.15) is 43.2 Å². The molecule has 0 aromatic rings. The van der Waals surface area contributed by atoms with Gasteiger partial charge in [-0.25, -0.2) is 4.57 Å². The third-order valence-electron chi connectivity index (χ3n) is 8.01. The molecule has 3 unspecified atom stereocenters. The molecule has 0 aliphatic heterocycles. The number of carbonyl (C=O) groups is 2. The molecule has 1 aliphatic rings. The van der Waals surface area contributed by atoms with E-state index in [4.69, 9.17) is 61.0 Å². The number of phosphoric ester groups is 1. The molecule has 0 aromatic carbocycles. The first-order valence-electron chi connectivity index (χ1n) is 34.2. The number of esters is 2. The zero-order valence-electron chi connectivity index (χ0n) is 63.7. The lowest BCUT2D eigenvalue weighted by molar-refractivity contribution is -0.220. The third kappa shape index (κ3) is 28.1. The summed E-state index contributed by atoms with van der Waals surface area (Å²) in [5, 5.41) is 50.5. The molecular formula is C43H84NO13P. The molecular weight excluding hydrogens is 769 g/mol. The van der Waals surface area contributed by atoms with Crippen LogP contribution in [-0.4, -0.2) is 98.3 Å². The highest BCUT2D eigenvalue weighted by Gasteiger charge is 2.51. The maximum absolute atomic E-state index is 13.5. The van der Waals surface area contributed by atoms with Gasteiger partial charge in [-0.05, 0) is 38.5 Å². The number of unbranched alkanes of at least 4 members (excludes halogenated alkanes) is 11. The molecule has 8 atom stereocenters. The first-order chi connectivity index (χ1) is 39.1. The lowest BCUT2D eigenvalue weighted by Crippen LogP contribution is -2.64. The van der Waals surface area contributed by atoms with Crippen molar-refractivity contribution in [1.29, 1.82) is 0 Å². The van der Waals surface area contributed by atoms with Crippen molar-refractivity contribution in [3.63, 3.8) is 0 Å². The summed E-state index contributed by atoms with van der Waals surface area (Å²) in [6, 6.07) is 0. The fourth-order valence-electron chi connectivity index (χ4n) is 5.01. The van der Waals surface area contributed by atoms with Gasteiger partial charge >= 0.3 is 19.8 Å². The van der Waals surface area contributed by atoms with Crippen LogP contribution in [0.25, 0.3) is 0 Å². The van der Waals surface area contributed by atoms with E-state index in [1.807, 2.05) is 0 Å². The van der Waals surface area contributed by atoms with Crippen molar-refractivity contribution in [1.82, 2.24) is 6.15 Å². The Hall–Kier alpha value is -1.45. The highest BCUT2D eigenvalue weighted by Crippen LogP contribution is 2.47. The highest BCUT2D eigenvalue weighted by atomic mass is 31.2. The topological polar surface area (TPSA) is 245 Å². The van der Waals surface area contributed by atoms with Gasteiger partial charge in [0.25, 0.3) is 0 Å². The number of phosphoric acid groups is 1. The van der Waals surface area contributed by atoms with Gasteiger partial charge in [-0.3, -0.25) is 18.6 Å². The van der Waals surface area contributed by atoms with Crippen LogP contribution in [0.5, 0.6) is 0 Å². The van der Waals surface area contributed by atoms with E-state index in [1.54, 1.807) is 0 Å². The molecule has 9 N–H and O–H groups in total. The standard InChI is InChI=1S/C43H81O13P.H3N/c1-3-5-7-9-11-13-15-17-18-20-22-24-26-28-30-32-37(45)55-35(34-54-57(51,52)56-43-41(49)39(47)38(46)40(48)42(43)50)33-53-36(44)31-29-27-25-23-21-19-16-14-12-10-8-6-4-2;/h17-18,35,38-43,46-50H,3-16,19-34H2,1-2H3,(H,51,52);1H3/b18-17-;/t35-,38?,39-,40+,41+,42+,43?;/m1./s1/i2D3,4D2,6D2,8D2,10D2,12D2,14D2,16D2,19D2,21D2,23D2,25D2,27D2,29D2,31D2;. The van der Waals surface area contributed by atoms with Crippen LogP contribution in [0.3, 0.4) is 0 Å².